The Morgan fingerprint density at radius 1 is 1.02 bits per heavy atom. The molecule has 16 nitrogen and oxygen atoms in total. The van der Waals surface area contributed by atoms with Gasteiger partial charge in [0.25, 0.3) is 11.8 Å². The molecule has 0 spiro atoms. The number of nitrogens with zero attached hydrogens (tertiary/aromatic N) is 8. The van der Waals surface area contributed by atoms with Gasteiger partial charge in [-0.2, -0.15) is 18.3 Å². The van der Waals surface area contributed by atoms with E-state index in [0.29, 0.717) is 75.5 Å². The summed E-state index contributed by atoms with van der Waals surface area (Å²) in [6.07, 6.45) is 0.776. The SMILES string of the molecule is Cn1c(-c2cn(-c3ccc(CCN)cn3)nc2C(F)(F)F)cnc1C(=O)Nc1ccc(C(=O)N2CCN(C(=O)C3CC[N+](CC(=O)[O-])(CC4CNC4)CC3)CC2)c(Cl)c1. The van der Waals surface area contributed by atoms with Gasteiger partial charge < -0.3 is 45.1 Å². The molecule has 0 unspecified atom stereocenters. The molecule has 3 fully saturated rings. The topological polar surface area (TPSA) is 196 Å². The Morgan fingerprint density at radius 3 is 2.32 bits per heavy atom. The number of alkyl halides is 3. The third kappa shape index (κ3) is 9.12. The highest BCUT2D eigenvalue weighted by Gasteiger charge is 2.42. The molecule has 0 atom stereocenters. The molecular weight excluding hydrogens is 795 g/mol. The Hall–Kier alpha value is -5.37. The fourth-order valence-corrected chi connectivity index (χ4v) is 8.47. The lowest BCUT2D eigenvalue weighted by molar-refractivity contribution is -0.931. The van der Waals surface area contributed by atoms with Crippen LogP contribution in [0.5, 0.6) is 0 Å². The highest BCUT2D eigenvalue weighted by Crippen LogP contribution is 2.37. The second kappa shape index (κ2) is 17.1. The van der Waals surface area contributed by atoms with E-state index < -0.39 is 23.7 Å². The minimum absolute atomic E-state index is 0.0139. The van der Waals surface area contributed by atoms with Crippen molar-refractivity contribution < 1.29 is 41.9 Å². The number of piperazine rings is 1. The molecule has 20 heteroatoms. The van der Waals surface area contributed by atoms with Crippen LogP contribution < -0.4 is 21.5 Å². The second-order valence-corrected chi connectivity index (χ2v) is 15.9. The number of quaternary nitrogens is 1. The van der Waals surface area contributed by atoms with E-state index in [0.717, 1.165) is 36.1 Å². The number of aliphatic carboxylic acids is 1. The Balaban J connectivity index is 0.955. The number of imidazole rings is 1. The molecule has 59 heavy (non-hydrogen) atoms. The Kier molecular flexibility index (Phi) is 12.1. The minimum Gasteiger partial charge on any atom is -0.544 e. The first-order valence-corrected chi connectivity index (χ1v) is 19.8. The summed E-state index contributed by atoms with van der Waals surface area (Å²) in [4.78, 5) is 63.6. The zero-order valence-electron chi connectivity index (χ0n) is 32.4. The van der Waals surface area contributed by atoms with E-state index in [4.69, 9.17) is 17.3 Å². The van der Waals surface area contributed by atoms with Gasteiger partial charge in [0.2, 0.25) is 5.91 Å². The van der Waals surface area contributed by atoms with Gasteiger partial charge in [0.1, 0.15) is 6.54 Å². The molecule has 3 aliphatic rings. The van der Waals surface area contributed by atoms with Crippen LogP contribution in [0.4, 0.5) is 18.9 Å². The van der Waals surface area contributed by atoms with Crippen molar-refractivity contribution in [3.63, 3.8) is 0 Å². The van der Waals surface area contributed by atoms with Crippen molar-refractivity contribution in [3.05, 3.63) is 76.6 Å². The number of nitrogens with one attached hydrogen (secondary N) is 2. The van der Waals surface area contributed by atoms with Crippen molar-refractivity contribution in [2.75, 3.05) is 77.3 Å². The molecular formula is C39H45ClF3N11O5. The van der Waals surface area contributed by atoms with Crippen LogP contribution in [0, 0.1) is 11.8 Å². The first kappa shape index (κ1) is 41.8. The van der Waals surface area contributed by atoms with Gasteiger partial charge in [-0.1, -0.05) is 17.7 Å². The van der Waals surface area contributed by atoms with E-state index in [1.54, 1.807) is 21.9 Å². The number of aromatic nitrogens is 5. The number of carbonyl (C=O) groups excluding carboxylic acids is 4. The van der Waals surface area contributed by atoms with Crippen LogP contribution in [0.1, 0.15) is 45.1 Å². The Bertz CT molecular complexity index is 2210. The number of rotatable bonds is 12. The molecule has 4 N–H and O–H groups in total. The molecule has 3 aliphatic heterocycles. The zero-order valence-corrected chi connectivity index (χ0v) is 33.1. The Labute approximate surface area is 342 Å². The maximum Gasteiger partial charge on any atom is 0.435 e. The fraction of sp³-hybridized carbons (Fsp3) is 0.462. The molecule has 3 aromatic heterocycles. The number of hydrogen-bond acceptors (Lipinski definition) is 10. The standard InChI is InChI=1S/C39H45ClF3N11O5/c1-50-31(29-21-53(49-34(29)39(41,42)43)32-5-2-24(6-9-44)19-46-32)20-47-35(50)36(57)48-27-3-4-28(30(40)16-27)38(59)52-12-10-51(11-13-52)37(58)26-7-14-54(15-8-26,23-33(55)56)22-25-17-45-18-25/h2-5,16,19-21,25-26,45H,6-15,17-18,22-23,44H2,1H3,(H-,48,55,56,57,59). The number of piperidine rings is 1. The van der Waals surface area contributed by atoms with Gasteiger partial charge in [0, 0.05) is 89.1 Å². The number of pyridine rings is 1. The largest absolute Gasteiger partial charge is 0.544 e. The third-order valence-electron chi connectivity index (χ3n) is 11.5. The summed E-state index contributed by atoms with van der Waals surface area (Å²) in [7, 11) is 1.41. The molecule has 0 radical (unpaired) electrons. The number of anilines is 1. The van der Waals surface area contributed by atoms with E-state index in [2.05, 4.69) is 25.7 Å². The fourth-order valence-electron chi connectivity index (χ4n) is 8.20. The number of likely N-dealkylation sites (tertiary alicyclic amines) is 1. The summed E-state index contributed by atoms with van der Waals surface area (Å²) in [6.45, 7) is 5.34. The average Bonchev–Trinajstić information content (AvgIpc) is 3.81. The number of carboxylic acids is 1. The van der Waals surface area contributed by atoms with Crippen LogP contribution >= 0.6 is 11.6 Å². The average molecular weight is 840 g/mol. The van der Waals surface area contributed by atoms with Crippen molar-refractivity contribution in [1.29, 1.82) is 0 Å². The monoisotopic (exact) mass is 839 g/mol. The first-order valence-electron chi connectivity index (χ1n) is 19.4. The molecule has 3 amide bonds. The number of benzene rings is 1. The quantitative estimate of drug-likeness (QED) is 0.176. The normalized spacial score (nSPS) is 20.0. The molecule has 0 aliphatic carbocycles. The minimum atomic E-state index is -4.83. The van der Waals surface area contributed by atoms with Crippen molar-refractivity contribution in [2.24, 2.45) is 24.6 Å². The highest BCUT2D eigenvalue weighted by molar-refractivity contribution is 6.34. The lowest BCUT2D eigenvalue weighted by Gasteiger charge is -2.47. The van der Waals surface area contributed by atoms with Gasteiger partial charge in [0.15, 0.2) is 17.3 Å². The number of amides is 3. The van der Waals surface area contributed by atoms with Crippen LogP contribution in [0.2, 0.25) is 5.02 Å². The van der Waals surface area contributed by atoms with E-state index in [9.17, 15) is 37.5 Å². The first-order chi connectivity index (χ1) is 28.1. The van der Waals surface area contributed by atoms with E-state index >= 15 is 0 Å². The maximum absolute atomic E-state index is 14.2. The van der Waals surface area contributed by atoms with E-state index in [1.807, 2.05) is 0 Å². The third-order valence-corrected chi connectivity index (χ3v) is 11.8. The second-order valence-electron chi connectivity index (χ2n) is 15.5. The number of nitrogens with two attached hydrogens (primary N) is 1. The molecule has 3 saturated heterocycles. The van der Waals surface area contributed by atoms with Crippen molar-refractivity contribution in [1.82, 2.24) is 39.4 Å². The maximum atomic E-state index is 14.2. The molecule has 7 rings (SSSR count). The van der Waals surface area contributed by atoms with Gasteiger partial charge >= 0.3 is 6.18 Å². The van der Waals surface area contributed by atoms with Gasteiger partial charge in [-0.15, -0.1) is 0 Å². The van der Waals surface area contributed by atoms with Crippen LogP contribution in [0.3, 0.4) is 0 Å². The van der Waals surface area contributed by atoms with E-state index in [-0.39, 0.29) is 63.5 Å². The van der Waals surface area contributed by atoms with E-state index in [1.165, 1.54) is 42.2 Å². The highest BCUT2D eigenvalue weighted by atomic mass is 35.5. The smallest absolute Gasteiger partial charge is 0.435 e. The predicted molar refractivity (Wildman–Crippen MR) is 207 cm³/mol. The summed E-state index contributed by atoms with van der Waals surface area (Å²) >= 11 is 6.55. The molecule has 0 saturated carbocycles. The lowest BCUT2D eigenvalue weighted by atomic mass is 9.90. The van der Waals surface area contributed by atoms with Crippen LogP contribution in [0.15, 0.2) is 48.9 Å². The summed E-state index contributed by atoms with van der Waals surface area (Å²) in [5.41, 5.74) is 5.32. The molecule has 0 bridgehead atoms. The van der Waals surface area contributed by atoms with Crippen molar-refractivity contribution in [3.8, 4) is 17.1 Å². The lowest BCUT2D eigenvalue weighted by Crippen LogP contribution is -2.63. The van der Waals surface area contributed by atoms with Crippen LogP contribution in [-0.4, -0.2) is 134 Å². The number of carboxylic acid groups (broad SMARTS) is 1. The molecule has 6 heterocycles. The van der Waals surface area contributed by atoms with Gasteiger partial charge in [-0.3, -0.25) is 14.4 Å². The van der Waals surface area contributed by atoms with Crippen molar-refractivity contribution in [2.45, 2.75) is 25.4 Å². The number of hydrogen-bond donors (Lipinski definition) is 3. The molecule has 1 aromatic carbocycles. The summed E-state index contributed by atoms with van der Waals surface area (Å²) in [5, 5.41) is 21.3. The van der Waals surface area contributed by atoms with Gasteiger partial charge in [-0.05, 0) is 42.8 Å². The summed E-state index contributed by atoms with van der Waals surface area (Å²) in [6, 6.07) is 7.61. The molecule has 4 aromatic rings. The summed E-state index contributed by atoms with van der Waals surface area (Å²) in [5.74, 6) is -1.94. The van der Waals surface area contributed by atoms with Gasteiger partial charge in [0.05, 0.1) is 53.6 Å². The Morgan fingerprint density at radius 2 is 1.73 bits per heavy atom. The van der Waals surface area contributed by atoms with Crippen molar-refractivity contribution >= 4 is 41.0 Å². The van der Waals surface area contributed by atoms with Crippen LogP contribution in [0.25, 0.3) is 17.1 Å². The predicted octanol–water partition coefficient (Wildman–Crippen LogP) is 1.57. The zero-order chi connectivity index (χ0) is 42.1. The number of halogens is 4. The summed E-state index contributed by atoms with van der Waals surface area (Å²) < 4.78 is 45.2. The van der Waals surface area contributed by atoms with Gasteiger partial charge in [-0.25, -0.2) is 14.6 Å². The number of carbonyl (C=O) groups is 4. The molecule has 314 valence electrons. The van der Waals surface area contributed by atoms with Crippen LogP contribution in [-0.2, 0) is 29.2 Å².